The number of rotatable bonds is 55. The third kappa shape index (κ3) is 53.3. The molecule has 0 aromatic heterocycles. The molecule has 6 nitrogen and oxygen atoms in total. The molecular weight excluding hydrogens is 827 g/mol. The number of nitrogens with one attached hydrogen (secondary N) is 1. The first-order chi connectivity index (χ1) is 33.0. The molecule has 3 N–H and O–H groups in total. The maximum Gasteiger partial charge on any atom is 0.305 e. The summed E-state index contributed by atoms with van der Waals surface area (Å²) in [7, 11) is 0. The number of aliphatic hydroxyl groups is 2. The summed E-state index contributed by atoms with van der Waals surface area (Å²) in [5.41, 5.74) is 0. The van der Waals surface area contributed by atoms with Crippen LogP contribution >= 0.6 is 0 Å². The van der Waals surface area contributed by atoms with E-state index in [0.717, 1.165) is 51.4 Å². The van der Waals surface area contributed by atoms with Gasteiger partial charge in [0.05, 0.1) is 25.4 Å². The lowest BCUT2D eigenvalue weighted by Crippen LogP contribution is -2.45. The SMILES string of the molecule is CCCCC/C=C\C/C=C\CCCCCCCC(=O)OCCCCCCCCCCCCCC/C=C\CCCCCCCCCCC(=O)NC(CO)C(O)CCCCCCCCCCCCC. The van der Waals surface area contributed by atoms with Gasteiger partial charge in [0.2, 0.25) is 5.91 Å². The van der Waals surface area contributed by atoms with Crippen molar-refractivity contribution >= 4 is 11.9 Å². The standard InChI is InChI=1S/C61H115NO5/c1-3-5-7-9-11-13-15-16-27-31-35-39-43-47-51-55-61(66)67-56-52-48-44-40-36-32-29-26-24-22-20-18-17-19-21-23-25-28-30-34-38-42-46-50-54-60(65)62-58(57-63)59(64)53-49-45-41-37-33-14-12-10-8-6-4-2/h11,13,16,19,21,27,58-59,63-64H,3-10,12,14-15,17-18,20,22-26,28-57H2,1-2H3,(H,62,65)/b13-11-,21-19-,27-16-. The second-order valence-electron chi connectivity index (χ2n) is 20.3. The second-order valence-corrected chi connectivity index (χ2v) is 20.3. The molecule has 6 heteroatoms. The maximum absolute atomic E-state index is 12.4. The van der Waals surface area contributed by atoms with Gasteiger partial charge >= 0.3 is 5.97 Å². The van der Waals surface area contributed by atoms with Gasteiger partial charge in [0.25, 0.3) is 0 Å². The van der Waals surface area contributed by atoms with E-state index in [0.29, 0.717) is 25.9 Å². The highest BCUT2D eigenvalue weighted by molar-refractivity contribution is 5.76. The van der Waals surface area contributed by atoms with Crippen molar-refractivity contribution in [2.45, 2.75) is 328 Å². The van der Waals surface area contributed by atoms with Gasteiger partial charge in [0, 0.05) is 12.8 Å². The fourth-order valence-electron chi connectivity index (χ4n) is 9.08. The number of ether oxygens (including phenoxy) is 1. The Morgan fingerprint density at radius 3 is 1.18 bits per heavy atom. The third-order valence-corrected chi connectivity index (χ3v) is 13.7. The zero-order valence-corrected chi connectivity index (χ0v) is 44.9. The molecule has 0 heterocycles. The Kier molecular flexibility index (Phi) is 55.0. The average molecular weight is 943 g/mol. The fraction of sp³-hybridized carbons (Fsp3) is 0.869. The average Bonchev–Trinajstić information content (AvgIpc) is 3.33. The Balaban J connectivity index is 3.39. The molecule has 0 aromatic rings. The summed E-state index contributed by atoms with van der Waals surface area (Å²) in [5.74, 6) is -0.0422. The summed E-state index contributed by atoms with van der Waals surface area (Å²) in [4.78, 5) is 24.5. The van der Waals surface area contributed by atoms with E-state index in [1.807, 2.05) is 0 Å². The van der Waals surface area contributed by atoms with E-state index in [1.54, 1.807) is 0 Å². The monoisotopic (exact) mass is 942 g/mol. The molecule has 394 valence electrons. The molecule has 0 rings (SSSR count). The molecule has 0 spiro atoms. The normalized spacial score (nSPS) is 12.8. The summed E-state index contributed by atoms with van der Waals surface area (Å²) < 4.78 is 5.47. The zero-order valence-electron chi connectivity index (χ0n) is 44.9. The van der Waals surface area contributed by atoms with Gasteiger partial charge < -0.3 is 20.3 Å². The number of hydrogen-bond donors (Lipinski definition) is 3. The minimum absolute atomic E-state index is 0.00172. The van der Waals surface area contributed by atoms with Crippen LogP contribution in [0.1, 0.15) is 316 Å². The molecule has 0 aliphatic rings. The van der Waals surface area contributed by atoms with Gasteiger partial charge in [-0.05, 0) is 83.5 Å². The lowest BCUT2D eigenvalue weighted by molar-refractivity contribution is -0.143. The van der Waals surface area contributed by atoms with Crippen LogP contribution in [-0.2, 0) is 14.3 Å². The third-order valence-electron chi connectivity index (χ3n) is 13.7. The first-order valence-corrected chi connectivity index (χ1v) is 29.7. The Morgan fingerprint density at radius 1 is 0.418 bits per heavy atom. The van der Waals surface area contributed by atoms with Crippen LogP contribution in [0, 0.1) is 0 Å². The second kappa shape index (κ2) is 56.7. The number of aliphatic hydroxyl groups excluding tert-OH is 2. The summed E-state index contributed by atoms with van der Waals surface area (Å²) in [6, 6.07) is -0.544. The lowest BCUT2D eigenvalue weighted by Gasteiger charge is -2.22. The fourth-order valence-corrected chi connectivity index (χ4v) is 9.08. The van der Waals surface area contributed by atoms with E-state index in [9.17, 15) is 19.8 Å². The highest BCUT2D eigenvalue weighted by Crippen LogP contribution is 2.17. The first-order valence-electron chi connectivity index (χ1n) is 29.7. The molecule has 0 radical (unpaired) electrons. The molecule has 2 atom stereocenters. The highest BCUT2D eigenvalue weighted by Gasteiger charge is 2.20. The van der Waals surface area contributed by atoms with Gasteiger partial charge in [-0.25, -0.2) is 0 Å². The molecule has 1 amide bonds. The van der Waals surface area contributed by atoms with Gasteiger partial charge in [-0.2, -0.15) is 0 Å². The molecule has 0 bridgehead atoms. The van der Waals surface area contributed by atoms with Crippen LogP contribution in [-0.4, -0.2) is 47.4 Å². The number of unbranched alkanes of at least 4 members (excludes halogenated alkanes) is 38. The van der Waals surface area contributed by atoms with Crippen LogP contribution in [0.3, 0.4) is 0 Å². The summed E-state index contributed by atoms with van der Waals surface area (Å²) in [6.45, 7) is 4.91. The minimum Gasteiger partial charge on any atom is -0.466 e. The minimum atomic E-state index is -0.666. The van der Waals surface area contributed by atoms with Crippen LogP contribution in [0.4, 0.5) is 0 Å². The smallest absolute Gasteiger partial charge is 0.305 e. The van der Waals surface area contributed by atoms with Crippen molar-refractivity contribution < 1.29 is 24.5 Å². The van der Waals surface area contributed by atoms with E-state index < -0.39 is 12.1 Å². The van der Waals surface area contributed by atoms with Crippen LogP contribution in [0.2, 0.25) is 0 Å². The van der Waals surface area contributed by atoms with E-state index in [4.69, 9.17) is 4.74 Å². The van der Waals surface area contributed by atoms with E-state index in [2.05, 4.69) is 55.6 Å². The van der Waals surface area contributed by atoms with Crippen LogP contribution in [0.5, 0.6) is 0 Å². The highest BCUT2D eigenvalue weighted by atomic mass is 16.5. The lowest BCUT2D eigenvalue weighted by atomic mass is 10.0. The van der Waals surface area contributed by atoms with Crippen molar-refractivity contribution in [3.8, 4) is 0 Å². The van der Waals surface area contributed by atoms with E-state index in [-0.39, 0.29) is 18.5 Å². The molecule has 67 heavy (non-hydrogen) atoms. The number of amides is 1. The first kappa shape index (κ1) is 65.1. The van der Waals surface area contributed by atoms with Crippen molar-refractivity contribution in [1.29, 1.82) is 0 Å². The molecule has 2 unspecified atom stereocenters. The van der Waals surface area contributed by atoms with Gasteiger partial charge in [0.1, 0.15) is 0 Å². The van der Waals surface area contributed by atoms with Crippen molar-refractivity contribution in [2.75, 3.05) is 13.2 Å². The molecule has 0 fully saturated rings. The number of hydrogen-bond acceptors (Lipinski definition) is 5. The molecule has 0 aliphatic carbocycles. The topological polar surface area (TPSA) is 95.9 Å². The number of carbonyl (C=O) groups is 2. The molecule has 0 aromatic carbocycles. The maximum atomic E-state index is 12.4. The Hall–Kier alpha value is -1.92. The van der Waals surface area contributed by atoms with Gasteiger partial charge in [-0.3, -0.25) is 9.59 Å². The zero-order chi connectivity index (χ0) is 48.6. The molecule has 0 aliphatic heterocycles. The number of esters is 1. The Labute approximate surface area is 417 Å². The van der Waals surface area contributed by atoms with Crippen LogP contribution in [0.15, 0.2) is 36.5 Å². The van der Waals surface area contributed by atoms with Crippen molar-refractivity contribution in [3.05, 3.63) is 36.5 Å². The molecule has 0 saturated carbocycles. The van der Waals surface area contributed by atoms with Crippen molar-refractivity contribution in [1.82, 2.24) is 5.32 Å². The Morgan fingerprint density at radius 2 is 0.746 bits per heavy atom. The number of allylic oxidation sites excluding steroid dienone is 6. The van der Waals surface area contributed by atoms with Gasteiger partial charge in [-0.15, -0.1) is 0 Å². The summed E-state index contributed by atoms with van der Waals surface area (Å²) >= 11 is 0. The molecular formula is C61H115NO5. The van der Waals surface area contributed by atoms with E-state index >= 15 is 0 Å². The quantitative estimate of drug-likeness (QED) is 0.0321. The summed E-state index contributed by atoms with van der Waals surface area (Å²) in [5, 5.41) is 23.2. The summed E-state index contributed by atoms with van der Waals surface area (Å²) in [6.07, 6.45) is 70.0. The van der Waals surface area contributed by atoms with Crippen molar-refractivity contribution in [3.63, 3.8) is 0 Å². The predicted molar refractivity (Wildman–Crippen MR) is 292 cm³/mol. The number of carbonyl (C=O) groups excluding carboxylic acids is 2. The molecule has 0 saturated heterocycles. The predicted octanol–water partition coefficient (Wildman–Crippen LogP) is 18.4. The van der Waals surface area contributed by atoms with Crippen LogP contribution < -0.4 is 5.32 Å². The van der Waals surface area contributed by atoms with Crippen molar-refractivity contribution in [2.24, 2.45) is 0 Å². The van der Waals surface area contributed by atoms with E-state index in [1.165, 1.54) is 231 Å². The van der Waals surface area contributed by atoms with Gasteiger partial charge in [-0.1, -0.05) is 256 Å². The Bertz CT molecular complexity index is 1090. The van der Waals surface area contributed by atoms with Crippen LogP contribution in [0.25, 0.3) is 0 Å². The largest absolute Gasteiger partial charge is 0.466 e. The van der Waals surface area contributed by atoms with Gasteiger partial charge in [0.15, 0.2) is 0 Å².